The highest BCUT2D eigenvalue weighted by Gasteiger charge is 2.16. The lowest BCUT2D eigenvalue weighted by atomic mass is 9.95. The predicted molar refractivity (Wildman–Crippen MR) is 100.0 cm³/mol. The molecule has 0 saturated heterocycles. The molecule has 0 fully saturated rings. The quantitative estimate of drug-likeness (QED) is 0.679. The van der Waals surface area contributed by atoms with Crippen LogP contribution in [-0.2, 0) is 16.0 Å². The van der Waals surface area contributed by atoms with E-state index in [9.17, 15) is 9.59 Å². The number of benzene rings is 2. The Hall–Kier alpha value is -2.66. The molecule has 1 heterocycles. The summed E-state index contributed by atoms with van der Waals surface area (Å²) in [5, 5.41) is 15.2. The molecule has 0 saturated carbocycles. The van der Waals surface area contributed by atoms with Gasteiger partial charge in [-0.2, -0.15) is 0 Å². The van der Waals surface area contributed by atoms with Crippen molar-refractivity contribution in [2.24, 2.45) is 0 Å². The topological polar surface area (TPSA) is 66.4 Å². The molecule has 3 rings (SSSR count). The Balaban J connectivity index is 1.61. The molecule has 2 aromatic carbocycles. The lowest BCUT2D eigenvalue weighted by molar-refractivity contribution is -0.137. The van der Waals surface area contributed by atoms with Crippen molar-refractivity contribution < 1.29 is 14.7 Å². The summed E-state index contributed by atoms with van der Waals surface area (Å²) < 4.78 is 1.20. The van der Waals surface area contributed by atoms with Crippen LogP contribution in [0.1, 0.15) is 23.5 Å². The molecule has 0 aliphatic heterocycles. The van der Waals surface area contributed by atoms with Gasteiger partial charge in [0.15, 0.2) is 0 Å². The maximum absolute atomic E-state index is 12.3. The lowest BCUT2D eigenvalue weighted by Gasteiger charge is -2.16. The van der Waals surface area contributed by atoms with Crippen molar-refractivity contribution >= 4 is 33.3 Å². The van der Waals surface area contributed by atoms with Crippen molar-refractivity contribution in [1.29, 1.82) is 0 Å². The fraction of sp³-hybridized carbons (Fsp3) is 0.200. The molecular weight excluding hydrogens is 334 g/mol. The smallest absolute Gasteiger partial charge is 0.304 e. The van der Waals surface area contributed by atoms with Gasteiger partial charge >= 0.3 is 5.97 Å². The van der Waals surface area contributed by atoms with Crippen LogP contribution in [0, 0.1) is 0 Å². The van der Waals surface area contributed by atoms with E-state index in [4.69, 9.17) is 5.11 Å². The van der Waals surface area contributed by atoms with E-state index in [0.717, 1.165) is 16.5 Å². The average molecular weight is 353 g/mol. The highest BCUT2D eigenvalue weighted by molar-refractivity contribution is 7.17. The van der Waals surface area contributed by atoms with Gasteiger partial charge in [-0.25, -0.2) is 0 Å². The van der Waals surface area contributed by atoms with Gasteiger partial charge in [0.1, 0.15) is 0 Å². The summed E-state index contributed by atoms with van der Waals surface area (Å²) >= 11 is 1.68. The summed E-state index contributed by atoms with van der Waals surface area (Å²) in [7, 11) is 0. The highest BCUT2D eigenvalue weighted by atomic mass is 32.1. The van der Waals surface area contributed by atoms with Gasteiger partial charge in [-0.1, -0.05) is 36.4 Å². The van der Waals surface area contributed by atoms with Gasteiger partial charge in [0.25, 0.3) is 0 Å². The first kappa shape index (κ1) is 17.2. The number of hydrogen-bond acceptors (Lipinski definition) is 3. The van der Waals surface area contributed by atoms with Crippen LogP contribution in [0.2, 0.25) is 0 Å². The zero-order valence-electron chi connectivity index (χ0n) is 13.6. The predicted octanol–water partition coefficient (Wildman–Crippen LogP) is 3.82. The Bertz CT molecular complexity index is 873. The summed E-state index contributed by atoms with van der Waals surface area (Å²) in [6.45, 7) is 0.315. The number of carbonyl (C=O) groups excluding carboxylic acids is 1. The molecule has 0 spiro atoms. The first-order valence-corrected chi connectivity index (χ1v) is 8.99. The molecule has 25 heavy (non-hydrogen) atoms. The van der Waals surface area contributed by atoms with Gasteiger partial charge in [0.05, 0.1) is 12.8 Å². The molecular formula is C20H19NO3S. The van der Waals surface area contributed by atoms with Gasteiger partial charge in [-0.05, 0) is 40.1 Å². The number of carboxylic acid groups (broad SMARTS) is 1. The lowest BCUT2D eigenvalue weighted by Crippen LogP contribution is -2.30. The largest absolute Gasteiger partial charge is 0.481 e. The second-order valence-electron chi connectivity index (χ2n) is 5.98. The maximum atomic E-state index is 12.3. The third-order valence-electron chi connectivity index (χ3n) is 4.12. The van der Waals surface area contributed by atoms with E-state index in [1.54, 1.807) is 11.3 Å². The van der Waals surface area contributed by atoms with Crippen LogP contribution in [0.3, 0.4) is 0 Å². The van der Waals surface area contributed by atoms with Gasteiger partial charge < -0.3 is 10.4 Å². The number of hydrogen-bond donors (Lipinski definition) is 2. The van der Waals surface area contributed by atoms with Crippen LogP contribution in [0.4, 0.5) is 0 Å². The van der Waals surface area contributed by atoms with Gasteiger partial charge in [0, 0.05) is 17.2 Å². The molecule has 128 valence electrons. The van der Waals surface area contributed by atoms with E-state index in [0.29, 0.717) is 13.0 Å². The SMILES string of the molecule is O=C(O)CC(CNC(=O)Cc1ccc2sccc2c1)c1ccccc1. The fourth-order valence-corrected chi connectivity index (χ4v) is 3.63. The Morgan fingerprint density at radius 1 is 1.08 bits per heavy atom. The molecule has 3 aromatic rings. The van der Waals surface area contributed by atoms with Gasteiger partial charge in [-0.15, -0.1) is 11.3 Å². The number of nitrogens with one attached hydrogen (secondary N) is 1. The van der Waals surface area contributed by atoms with Gasteiger partial charge in [-0.3, -0.25) is 9.59 Å². The summed E-state index contributed by atoms with van der Waals surface area (Å²) in [6.07, 6.45) is 0.283. The molecule has 0 aliphatic carbocycles. The molecule has 2 N–H and O–H groups in total. The fourth-order valence-electron chi connectivity index (χ4n) is 2.85. The first-order valence-electron chi connectivity index (χ1n) is 8.11. The molecule has 4 nitrogen and oxygen atoms in total. The zero-order chi connectivity index (χ0) is 17.6. The van der Waals surface area contributed by atoms with E-state index in [1.807, 2.05) is 60.0 Å². The van der Waals surface area contributed by atoms with Crippen molar-refractivity contribution in [3.63, 3.8) is 0 Å². The van der Waals surface area contributed by atoms with Crippen LogP contribution in [-0.4, -0.2) is 23.5 Å². The third-order valence-corrected chi connectivity index (χ3v) is 5.02. The second-order valence-corrected chi connectivity index (χ2v) is 6.93. The molecule has 1 unspecified atom stereocenters. The van der Waals surface area contributed by atoms with Crippen molar-refractivity contribution in [3.8, 4) is 0 Å². The highest BCUT2D eigenvalue weighted by Crippen LogP contribution is 2.22. The average Bonchev–Trinajstić information content (AvgIpc) is 3.07. The standard InChI is InChI=1S/C20H19NO3S/c22-19(11-14-6-7-18-16(10-14)8-9-25-18)21-13-17(12-20(23)24)15-4-2-1-3-5-15/h1-10,17H,11-13H2,(H,21,22)(H,23,24). The molecule has 0 bridgehead atoms. The normalized spacial score (nSPS) is 12.0. The maximum Gasteiger partial charge on any atom is 0.304 e. The van der Waals surface area contributed by atoms with Crippen molar-refractivity contribution in [2.45, 2.75) is 18.8 Å². The minimum absolute atomic E-state index is 0.00877. The summed E-state index contributed by atoms with van der Waals surface area (Å²) in [5.41, 5.74) is 1.88. The Morgan fingerprint density at radius 2 is 1.88 bits per heavy atom. The monoisotopic (exact) mass is 353 g/mol. The van der Waals surface area contributed by atoms with E-state index >= 15 is 0 Å². The first-order chi connectivity index (χ1) is 12.1. The van der Waals surface area contributed by atoms with Crippen LogP contribution in [0.15, 0.2) is 60.0 Å². The zero-order valence-corrected chi connectivity index (χ0v) is 14.5. The molecule has 1 aromatic heterocycles. The Morgan fingerprint density at radius 3 is 2.64 bits per heavy atom. The van der Waals surface area contributed by atoms with Crippen LogP contribution >= 0.6 is 11.3 Å². The number of carboxylic acids is 1. The third kappa shape index (κ3) is 4.67. The summed E-state index contributed by atoms with van der Waals surface area (Å²) in [5.74, 6) is -1.20. The van der Waals surface area contributed by atoms with Crippen molar-refractivity contribution in [3.05, 3.63) is 71.1 Å². The van der Waals surface area contributed by atoms with Crippen LogP contribution in [0.5, 0.6) is 0 Å². The molecule has 5 heteroatoms. The molecule has 0 radical (unpaired) electrons. The number of thiophene rings is 1. The van der Waals surface area contributed by atoms with E-state index in [2.05, 4.69) is 5.32 Å². The van der Waals surface area contributed by atoms with Crippen LogP contribution in [0.25, 0.3) is 10.1 Å². The van der Waals surface area contributed by atoms with Gasteiger partial charge in [0.2, 0.25) is 5.91 Å². The number of fused-ring (bicyclic) bond motifs is 1. The summed E-state index contributed by atoms with van der Waals surface area (Å²) in [4.78, 5) is 23.4. The number of amides is 1. The van der Waals surface area contributed by atoms with Crippen molar-refractivity contribution in [1.82, 2.24) is 5.32 Å². The Labute approximate surface area is 150 Å². The van der Waals surface area contributed by atoms with E-state index in [1.165, 1.54) is 4.70 Å². The molecule has 1 amide bonds. The summed E-state index contributed by atoms with van der Waals surface area (Å²) in [6, 6.07) is 17.5. The number of carbonyl (C=O) groups is 2. The van der Waals surface area contributed by atoms with E-state index < -0.39 is 5.97 Å². The second kappa shape index (κ2) is 7.94. The van der Waals surface area contributed by atoms with Crippen molar-refractivity contribution in [2.75, 3.05) is 6.54 Å². The number of aliphatic carboxylic acids is 1. The van der Waals surface area contributed by atoms with Crippen LogP contribution < -0.4 is 5.32 Å². The molecule has 0 aliphatic rings. The number of rotatable bonds is 7. The minimum atomic E-state index is -0.869. The van der Waals surface area contributed by atoms with E-state index in [-0.39, 0.29) is 18.2 Å². The Kier molecular flexibility index (Phi) is 5.46. The molecule has 1 atom stereocenters. The minimum Gasteiger partial charge on any atom is -0.481 e.